The number of benzene rings is 2. The number of rotatable bonds is 2. The van der Waals surface area contributed by atoms with Crippen LogP contribution in [0, 0.1) is 5.82 Å². The molecule has 5 rings (SSSR count). The van der Waals surface area contributed by atoms with Gasteiger partial charge in [-0.1, -0.05) is 6.07 Å². The third kappa shape index (κ3) is 3.05. The number of carbonyl (C=O) groups is 1. The Hall–Kier alpha value is -3.13. The fourth-order valence-electron chi connectivity index (χ4n) is 4.84. The highest BCUT2D eigenvalue weighted by Crippen LogP contribution is 2.51. The molecule has 31 heavy (non-hydrogen) atoms. The first-order valence-electron chi connectivity index (χ1n) is 10.3. The van der Waals surface area contributed by atoms with E-state index in [4.69, 9.17) is 19.9 Å². The number of likely N-dealkylation sites (N-methyl/N-ethyl adjacent to an activating group) is 1. The fraction of sp³-hybridized carbons (Fsp3) is 0.391. The number of guanidine groups is 1. The molecule has 2 N–H and O–H groups in total. The van der Waals surface area contributed by atoms with Gasteiger partial charge in [0.25, 0.3) is 5.91 Å². The monoisotopic (exact) mass is 425 g/mol. The van der Waals surface area contributed by atoms with E-state index >= 15 is 0 Å². The molecule has 2 aromatic carbocycles. The third-order valence-corrected chi connectivity index (χ3v) is 6.36. The van der Waals surface area contributed by atoms with Crippen LogP contribution in [-0.4, -0.2) is 49.7 Å². The van der Waals surface area contributed by atoms with Crippen molar-refractivity contribution in [3.63, 3.8) is 0 Å². The molecule has 3 aliphatic heterocycles. The number of aliphatic imine (C=N–C) groups is 1. The van der Waals surface area contributed by atoms with Crippen molar-refractivity contribution < 1.29 is 23.4 Å². The Bertz CT molecular complexity index is 1100. The molecule has 0 aromatic heterocycles. The average molecular weight is 425 g/mol. The van der Waals surface area contributed by atoms with Gasteiger partial charge in [-0.25, -0.2) is 9.38 Å². The Morgan fingerprint density at radius 3 is 2.74 bits per heavy atom. The molecule has 1 amide bonds. The summed E-state index contributed by atoms with van der Waals surface area (Å²) in [7, 11) is 3.11. The number of methoxy groups -OCH3 is 1. The van der Waals surface area contributed by atoms with Crippen LogP contribution in [-0.2, 0) is 15.1 Å². The van der Waals surface area contributed by atoms with Crippen LogP contribution in [0.1, 0.15) is 24.8 Å². The molecule has 2 spiro atoms. The maximum absolute atomic E-state index is 14.1. The van der Waals surface area contributed by atoms with Crippen molar-refractivity contribution in [2.75, 3.05) is 27.4 Å². The molecule has 0 aliphatic carbocycles. The second kappa shape index (κ2) is 6.95. The minimum Gasteiger partial charge on any atom is -0.497 e. The smallest absolute Gasteiger partial charge is 0.261 e. The van der Waals surface area contributed by atoms with Crippen LogP contribution in [0.25, 0.3) is 11.1 Å². The summed E-state index contributed by atoms with van der Waals surface area (Å²) in [6.07, 6.45) is 1.95. The van der Waals surface area contributed by atoms with Crippen molar-refractivity contribution in [2.45, 2.75) is 30.4 Å². The van der Waals surface area contributed by atoms with E-state index in [1.165, 1.54) is 24.1 Å². The molecule has 1 saturated heterocycles. The van der Waals surface area contributed by atoms with Gasteiger partial charge in [-0.2, -0.15) is 0 Å². The largest absolute Gasteiger partial charge is 0.497 e. The normalized spacial score (nSPS) is 27.3. The SMILES string of the molecule is COc1cc(F)cc(-c2ccc3c(c2)[C@]2(C[C@@]4(CCCOC4)O3)N=C(N)N(C)C2=O)c1. The van der Waals surface area contributed by atoms with Crippen LogP contribution in [0.2, 0.25) is 0 Å². The summed E-state index contributed by atoms with van der Waals surface area (Å²) >= 11 is 0. The summed E-state index contributed by atoms with van der Waals surface area (Å²) in [6, 6.07) is 10.00. The Labute approximate surface area is 179 Å². The van der Waals surface area contributed by atoms with Gasteiger partial charge in [0.15, 0.2) is 11.5 Å². The Balaban J connectivity index is 1.68. The highest BCUT2D eigenvalue weighted by molar-refractivity contribution is 6.07. The molecule has 8 heteroatoms. The van der Waals surface area contributed by atoms with E-state index < -0.39 is 17.0 Å². The zero-order valence-corrected chi connectivity index (χ0v) is 17.5. The lowest BCUT2D eigenvalue weighted by molar-refractivity contribution is -0.139. The van der Waals surface area contributed by atoms with Gasteiger partial charge in [0, 0.05) is 31.7 Å². The van der Waals surface area contributed by atoms with Crippen molar-refractivity contribution in [3.05, 3.63) is 47.8 Å². The van der Waals surface area contributed by atoms with Crippen LogP contribution in [0.5, 0.6) is 11.5 Å². The van der Waals surface area contributed by atoms with Crippen LogP contribution in [0.3, 0.4) is 0 Å². The number of hydrogen-bond acceptors (Lipinski definition) is 6. The number of nitrogens with two attached hydrogens (primary N) is 1. The van der Waals surface area contributed by atoms with E-state index in [0.717, 1.165) is 18.4 Å². The zero-order valence-electron chi connectivity index (χ0n) is 17.5. The average Bonchev–Trinajstić information content (AvgIpc) is 2.97. The van der Waals surface area contributed by atoms with Gasteiger partial charge in [0.05, 0.1) is 13.7 Å². The minimum absolute atomic E-state index is 0.169. The van der Waals surface area contributed by atoms with Crippen LogP contribution in [0.15, 0.2) is 41.4 Å². The van der Waals surface area contributed by atoms with Gasteiger partial charge in [0.2, 0.25) is 0 Å². The first-order valence-corrected chi connectivity index (χ1v) is 10.3. The molecule has 2 aromatic rings. The molecule has 1 fully saturated rings. The van der Waals surface area contributed by atoms with E-state index in [1.54, 1.807) is 13.1 Å². The highest BCUT2D eigenvalue weighted by Gasteiger charge is 2.58. The summed E-state index contributed by atoms with van der Waals surface area (Å²) in [5, 5.41) is 0. The summed E-state index contributed by atoms with van der Waals surface area (Å²) in [4.78, 5) is 19.5. The van der Waals surface area contributed by atoms with Crippen molar-refractivity contribution in [3.8, 4) is 22.6 Å². The van der Waals surface area contributed by atoms with Crippen LogP contribution < -0.4 is 15.2 Å². The Morgan fingerprint density at radius 2 is 2.06 bits per heavy atom. The Morgan fingerprint density at radius 1 is 1.23 bits per heavy atom. The quantitative estimate of drug-likeness (QED) is 0.800. The van der Waals surface area contributed by atoms with Gasteiger partial charge >= 0.3 is 0 Å². The van der Waals surface area contributed by atoms with Gasteiger partial charge in [-0.15, -0.1) is 0 Å². The lowest BCUT2D eigenvalue weighted by Gasteiger charge is -2.46. The number of halogens is 1. The van der Waals surface area contributed by atoms with E-state index in [9.17, 15) is 9.18 Å². The standard InChI is InChI=1S/C23H24FN3O4/c1-27-20(28)23(26-21(27)25)12-22(6-3-7-30-13-22)31-19-5-4-14(10-18(19)23)15-8-16(24)11-17(9-15)29-2/h4-5,8-11H,3,6-7,12-13H2,1-2H3,(H2,25,26)/t22-,23+/m1/s1. The molecule has 162 valence electrons. The molecule has 0 saturated carbocycles. The predicted octanol–water partition coefficient (Wildman–Crippen LogP) is 2.82. The molecule has 3 heterocycles. The first kappa shape index (κ1) is 19.8. The molecular weight excluding hydrogens is 401 g/mol. The minimum atomic E-state index is -1.19. The molecule has 0 unspecified atom stereocenters. The second-order valence-electron chi connectivity index (χ2n) is 8.40. The molecule has 0 radical (unpaired) electrons. The number of hydrogen-bond donors (Lipinski definition) is 1. The molecule has 2 atom stereocenters. The summed E-state index contributed by atoms with van der Waals surface area (Å²) in [5.74, 6) is 0.548. The maximum Gasteiger partial charge on any atom is 0.261 e. The van der Waals surface area contributed by atoms with Gasteiger partial charge in [-0.05, 0) is 48.2 Å². The van der Waals surface area contributed by atoms with E-state index in [2.05, 4.69) is 4.99 Å². The third-order valence-electron chi connectivity index (χ3n) is 6.36. The van der Waals surface area contributed by atoms with Crippen LogP contribution in [0.4, 0.5) is 4.39 Å². The van der Waals surface area contributed by atoms with Crippen molar-refractivity contribution in [1.82, 2.24) is 4.90 Å². The van der Waals surface area contributed by atoms with Gasteiger partial charge in [0.1, 0.15) is 22.9 Å². The zero-order chi connectivity index (χ0) is 21.8. The number of nitrogens with zero attached hydrogens (tertiary/aromatic N) is 2. The second-order valence-corrected chi connectivity index (χ2v) is 8.40. The summed E-state index contributed by atoms with van der Waals surface area (Å²) in [5.41, 5.74) is 6.23. The predicted molar refractivity (Wildman–Crippen MR) is 112 cm³/mol. The van der Waals surface area contributed by atoms with Crippen molar-refractivity contribution >= 4 is 11.9 Å². The fourth-order valence-corrected chi connectivity index (χ4v) is 4.84. The maximum atomic E-state index is 14.1. The number of fused-ring (bicyclic) bond motifs is 2. The molecule has 0 bridgehead atoms. The van der Waals surface area contributed by atoms with E-state index in [-0.39, 0.29) is 11.9 Å². The van der Waals surface area contributed by atoms with E-state index in [1.807, 2.05) is 18.2 Å². The number of amides is 1. The lowest BCUT2D eigenvalue weighted by atomic mass is 9.74. The highest BCUT2D eigenvalue weighted by atomic mass is 19.1. The number of carbonyl (C=O) groups excluding carboxylic acids is 1. The lowest BCUT2D eigenvalue weighted by Crippen LogP contribution is -2.55. The first-order chi connectivity index (χ1) is 14.9. The van der Waals surface area contributed by atoms with E-state index in [0.29, 0.717) is 42.3 Å². The molecular formula is C23H24FN3O4. The van der Waals surface area contributed by atoms with Crippen LogP contribution >= 0.6 is 0 Å². The van der Waals surface area contributed by atoms with Crippen molar-refractivity contribution in [1.29, 1.82) is 0 Å². The van der Waals surface area contributed by atoms with Crippen molar-refractivity contribution in [2.24, 2.45) is 10.7 Å². The summed E-state index contributed by atoms with van der Waals surface area (Å²) in [6.45, 7) is 1.06. The van der Waals surface area contributed by atoms with Gasteiger partial charge in [-0.3, -0.25) is 9.69 Å². The topological polar surface area (TPSA) is 86.4 Å². The molecule has 7 nitrogen and oxygen atoms in total. The Kier molecular flexibility index (Phi) is 4.44. The van der Waals surface area contributed by atoms with Gasteiger partial charge < -0.3 is 19.9 Å². The molecule has 3 aliphatic rings. The number of ether oxygens (including phenoxy) is 3. The summed E-state index contributed by atoms with van der Waals surface area (Å²) < 4.78 is 31.5.